The first-order chi connectivity index (χ1) is 10.8. The smallest absolute Gasteiger partial charge is 0.223 e. The van der Waals surface area contributed by atoms with E-state index in [2.05, 4.69) is 45.1 Å². The monoisotopic (exact) mass is 318 g/mol. The van der Waals surface area contributed by atoms with Gasteiger partial charge in [0.05, 0.1) is 12.8 Å². The van der Waals surface area contributed by atoms with Crippen LogP contribution in [0.15, 0.2) is 18.2 Å². The maximum Gasteiger partial charge on any atom is 0.223 e. The Hall–Kier alpha value is -1.71. The van der Waals surface area contributed by atoms with Gasteiger partial charge in [0.1, 0.15) is 5.75 Å². The second kappa shape index (κ2) is 7.24. The van der Waals surface area contributed by atoms with E-state index >= 15 is 0 Å². The highest BCUT2D eigenvalue weighted by Crippen LogP contribution is 2.28. The summed E-state index contributed by atoms with van der Waals surface area (Å²) in [5.41, 5.74) is 2.29. The maximum absolute atomic E-state index is 12.3. The van der Waals surface area contributed by atoms with Crippen LogP contribution in [-0.2, 0) is 4.79 Å². The van der Waals surface area contributed by atoms with Crippen LogP contribution in [0.1, 0.15) is 45.6 Å². The van der Waals surface area contributed by atoms with Gasteiger partial charge in [0.15, 0.2) is 0 Å². The summed E-state index contributed by atoms with van der Waals surface area (Å²) in [7, 11) is 1.70. The first-order valence-electron chi connectivity index (χ1n) is 8.47. The normalized spacial score (nSPS) is 16.3. The van der Waals surface area contributed by atoms with Crippen molar-refractivity contribution >= 4 is 11.6 Å². The van der Waals surface area contributed by atoms with Crippen LogP contribution in [0.2, 0.25) is 0 Å². The van der Waals surface area contributed by atoms with Crippen molar-refractivity contribution in [3.63, 3.8) is 0 Å². The fourth-order valence-electron chi connectivity index (χ4n) is 2.98. The number of hydrogen-bond donors (Lipinski definition) is 1. The number of nitrogens with one attached hydrogen (secondary N) is 1. The topological polar surface area (TPSA) is 41.6 Å². The summed E-state index contributed by atoms with van der Waals surface area (Å²) in [6.45, 7) is 10.1. The lowest BCUT2D eigenvalue weighted by atomic mass is 9.91. The number of nitrogens with zero attached hydrogens (tertiary/aromatic N) is 1. The molecule has 1 aliphatic heterocycles. The zero-order valence-corrected chi connectivity index (χ0v) is 15.1. The van der Waals surface area contributed by atoms with Gasteiger partial charge in [-0.15, -0.1) is 0 Å². The number of hydrogen-bond acceptors (Lipinski definition) is 3. The number of benzene rings is 1. The lowest BCUT2D eigenvalue weighted by Crippen LogP contribution is -2.43. The first-order valence-corrected chi connectivity index (χ1v) is 8.47. The van der Waals surface area contributed by atoms with E-state index in [-0.39, 0.29) is 11.3 Å². The van der Waals surface area contributed by atoms with Gasteiger partial charge in [-0.2, -0.15) is 0 Å². The number of carbonyl (C=O) groups is 1. The van der Waals surface area contributed by atoms with Crippen LogP contribution < -0.4 is 10.1 Å². The third kappa shape index (κ3) is 5.15. The lowest BCUT2D eigenvalue weighted by molar-refractivity contribution is -0.134. The molecule has 23 heavy (non-hydrogen) atoms. The zero-order chi connectivity index (χ0) is 17.0. The van der Waals surface area contributed by atoms with Gasteiger partial charge in [0, 0.05) is 25.6 Å². The van der Waals surface area contributed by atoms with Gasteiger partial charge in [-0.05, 0) is 42.9 Å². The Labute approximate surface area is 140 Å². The zero-order valence-electron chi connectivity index (χ0n) is 15.1. The van der Waals surface area contributed by atoms with Gasteiger partial charge in [-0.25, -0.2) is 0 Å². The molecule has 128 valence electrons. The summed E-state index contributed by atoms with van der Waals surface area (Å²) in [6.07, 6.45) is 2.58. The molecule has 0 atom stereocenters. The third-order valence-electron chi connectivity index (χ3n) is 4.25. The van der Waals surface area contributed by atoms with Crippen molar-refractivity contribution in [2.75, 3.05) is 25.5 Å². The molecular formula is C19H30N2O2. The van der Waals surface area contributed by atoms with E-state index in [0.717, 1.165) is 37.4 Å². The molecule has 0 radical (unpaired) electrons. The van der Waals surface area contributed by atoms with Crippen molar-refractivity contribution in [1.82, 2.24) is 4.90 Å². The molecule has 4 heteroatoms. The number of likely N-dealkylation sites (tertiary alicyclic amines) is 1. The number of piperidine rings is 1. The molecule has 1 N–H and O–H groups in total. The molecule has 1 fully saturated rings. The second-order valence-electron chi connectivity index (χ2n) is 7.74. The number of rotatable bonds is 4. The van der Waals surface area contributed by atoms with Crippen LogP contribution in [0.25, 0.3) is 0 Å². The Kier molecular flexibility index (Phi) is 5.55. The maximum atomic E-state index is 12.3. The fourth-order valence-corrected chi connectivity index (χ4v) is 2.98. The van der Waals surface area contributed by atoms with Crippen LogP contribution in [-0.4, -0.2) is 37.0 Å². The van der Waals surface area contributed by atoms with Crippen LogP contribution in [0.4, 0.5) is 5.69 Å². The quantitative estimate of drug-likeness (QED) is 0.917. The Bertz CT molecular complexity index is 541. The predicted molar refractivity (Wildman–Crippen MR) is 95.0 cm³/mol. The molecule has 1 aromatic carbocycles. The summed E-state index contributed by atoms with van der Waals surface area (Å²) < 4.78 is 5.45. The van der Waals surface area contributed by atoms with Crippen LogP contribution in [0, 0.1) is 12.3 Å². The van der Waals surface area contributed by atoms with Gasteiger partial charge in [0.2, 0.25) is 5.91 Å². The molecule has 0 spiro atoms. The van der Waals surface area contributed by atoms with Crippen molar-refractivity contribution in [2.24, 2.45) is 5.41 Å². The van der Waals surface area contributed by atoms with Crippen LogP contribution in [0.5, 0.6) is 5.75 Å². The predicted octanol–water partition coefficient (Wildman–Crippen LogP) is 3.84. The molecular weight excluding hydrogens is 288 g/mol. The van der Waals surface area contributed by atoms with Crippen molar-refractivity contribution < 1.29 is 9.53 Å². The Balaban J connectivity index is 1.89. The van der Waals surface area contributed by atoms with Gasteiger partial charge in [0.25, 0.3) is 0 Å². The van der Waals surface area contributed by atoms with E-state index in [1.807, 2.05) is 11.0 Å². The highest BCUT2D eigenvalue weighted by atomic mass is 16.5. The van der Waals surface area contributed by atoms with Gasteiger partial charge in [-0.1, -0.05) is 26.8 Å². The first kappa shape index (κ1) is 17.6. The molecule has 4 nitrogen and oxygen atoms in total. The second-order valence-corrected chi connectivity index (χ2v) is 7.74. The fraction of sp³-hybridized carbons (Fsp3) is 0.632. The van der Waals surface area contributed by atoms with Crippen LogP contribution >= 0.6 is 0 Å². The number of ether oxygens (including phenoxy) is 1. The van der Waals surface area contributed by atoms with E-state index in [1.54, 1.807) is 7.11 Å². The minimum atomic E-state index is 0.0570. The minimum Gasteiger partial charge on any atom is -0.495 e. The molecule has 0 unspecified atom stereocenters. The van der Waals surface area contributed by atoms with Crippen molar-refractivity contribution in [3.05, 3.63) is 23.8 Å². The number of aryl methyl sites for hydroxylation is 1. The summed E-state index contributed by atoms with van der Waals surface area (Å²) in [4.78, 5) is 14.3. The Morgan fingerprint density at radius 2 is 1.96 bits per heavy atom. The summed E-state index contributed by atoms with van der Waals surface area (Å²) in [5, 5.41) is 3.57. The summed E-state index contributed by atoms with van der Waals surface area (Å²) in [5.74, 6) is 1.17. The Morgan fingerprint density at radius 3 is 2.52 bits per heavy atom. The molecule has 1 saturated heterocycles. The van der Waals surface area contributed by atoms with Gasteiger partial charge >= 0.3 is 0 Å². The number of anilines is 1. The molecule has 0 aliphatic carbocycles. The average Bonchev–Trinajstić information content (AvgIpc) is 2.48. The van der Waals surface area contributed by atoms with Crippen molar-refractivity contribution in [1.29, 1.82) is 0 Å². The highest BCUT2D eigenvalue weighted by molar-refractivity contribution is 5.77. The van der Waals surface area contributed by atoms with Gasteiger partial charge in [-0.3, -0.25) is 4.79 Å². The minimum absolute atomic E-state index is 0.0570. The number of methoxy groups -OCH3 is 1. The van der Waals surface area contributed by atoms with Crippen LogP contribution in [0.3, 0.4) is 0 Å². The summed E-state index contributed by atoms with van der Waals surface area (Å²) >= 11 is 0. The average molecular weight is 318 g/mol. The van der Waals surface area contributed by atoms with E-state index in [9.17, 15) is 4.79 Å². The SMILES string of the molecule is COc1cc(C)ccc1NC1CCN(C(=O)CC(C)(C)C)CC1. The van der Waals surface area contributed by atoms with E-state index in [4.69, 9.17) is 4.74 Å². The molecule has 1 amide bonds. The van der Waals surface area contributed by atoms with E-state index in [1.165, 1.54) is 5.56 Å². The summed E-state index contributed by atoms with van der Waals surface area (Å²) in [6, 6.07) is 6.60. The van der Waals surface area contributed by atoms with Crippen molar-refractivity contribution in [3.8, 4) is 5.75 Å². The molecule has 1 heterocycles. The molecule has 1 aliphatic rings. The molecule has 1 aromatic rings. The molecule has 0 bridgehead atoms. The molecule has 0 saturated carbocycles. The van der Waals surface area contributed by atoms with E-state index in [0.29, 0.717) is 12.5 Å². The third-order valence-corrected chi connectivity index (χ3v) is 4.25. The Morgan fingerprint density at radius 1 is 1.30 bits per heavy atom. The highest BCUT2D eigenvalue weighted by Gasteiger charge is 2.26. The van der Waals surface area contributed by atoms with E-state index < -0.39 is 0 Å². The number of amides is 1. The van der Waals surface area contributed by atoms with Crippen molar-refractivity contribution in [2.45, 2.75) is 53.0 Å². The van der Waals surface area contributed by atoms with Gasteiger partial charge < -0.3 is 15.0 Å². The molecule has 0 aromatic heterocycles. The largest absolute Gasteiger partial charge is 0.495 e. The molecule has 2 rings (SSSR count). The lowest BCUT2D eigenvalue weighted by Gasteiger charge is -2.34. The standard InChI is InChI=1S/C19H30N2O2/c1-14-6-7-16(17(12-14)23-5)20-15-8-10-21(11-9-15)18(22)13-19(2,3)4/h6-7,12,15,20H,8-11,13H2,1-5H3. The number of carbonyl (C=O) groups excluding carboxylic acids is 1.